The third kappa shape index (κ3) is 4.24. The van der Waals surface area contributed by atoms with Crippen molar-refractivity contribution >= 4 is 53.0 Å². The summed E-state index contributed by atoms with van der Waals surface area (Å²) >= 11 is 3.14. The van der Waals surface area contributed by atoms with E-state index in [0.29, 0.717) is 0 Å². The van der Waals surface area contributed by atoms with Gasteiger partial charge in [0.25, 0.3) is 0 Å². The number of hydrogen-bond acceptors (Lipinski definition) is 5. The van der Waals surface area contributed by atoms with Crippen LogP contribution in [0.2, 0.25) is 0 Å². The Morgan fingerprint density at radius 1 is 1.44 bits per heavy atom. The van der Waals surface area contributed by atoms with Crippen LogP contribution in [0.15, 0.2) is 23.4 Å². The predicted molar refractivity (Wildman–Crippen MR) is 90.7 cm³/mol. The molecule has 1 aliphatic rings. The van der Waals surface area contributed by atoms with Crippen molar-refractivity contribution in [3.63, 3.8) is 0 Å². The van der Waals surface area contributed by atoms with E-state index >= 15 is 0 Å². The van der Waals surface area contributed by atoms with Crippen LogP contribution in [0, 0.1) is 0 Å². The van der Waals surface area contributed by atoms with Gasteiger partial charge in [-0.1, -0.05) is 19.4 Å². The number of nitrogens with zero attached hydrogens (tertiary/aromatic N) is 3. The molecule has 0 atom stereocenters. The van der Waals surface area contributed by atoms with Crippen LogP contribution in [0.1, 0.15) is 25.5 Å². The van der Waals surface area contributed by atoms with Crippen molar-refractivity contribution in [3.05, 3.63) is 24.0 Å². The maximum Gasteiger partial charge on any atom is 0.138 e. The van der Waals surface area contributed by atoms with E-state index in [0.717, 1.165) is 23.0 Å². The number of halogens is 1. The number of hydrogen-bond donors (Lipinski definition) is 0. The Bertz CT molecular complexity index is 429. The molecule has 0 fully saturated rings. The first kappa shape index (κ1) is 16.0. The molecule has 0 unspecified atom stereocenters. The molecule has 0 saturated carbocycles. The van der Waals surface area contributed by atoms with Gasteiger partial charge in [-0.3, -0.25) is 0 Å². The van der Waals surface area contributed by atoms with Gasteiger partial charge in [0.05, 0.1) is 11.7 Å². The van der Waals surface area contributed by atoms with Crippen LogP contribution < -0.4 is 0 Å². The maximum absolute atomic E-state index is 4.43. The van der Waals surface area contributed by atoms with Crippen molar-refractivity contribution in [2.45, 2.75) is 24.8 Å². The highest BCUT2D eigenvalue weighted by Gasteiger charge is 2.15. The first-order chi connectivity index (χ1) is 8.31. The Labute approximate surface area is 134 Å². The summed E-state index contributed by atoms with van der Waals surface area (Å²) in [5, 5.41) is 1.10. The molecule has 0 aromatic carbocycles. The molecule has 18 heavy (non-hydrogen) atoms. The van der Waals surface area contributed by atoms with E-state index in [1.807, 2.05) is 11.8 Å². The zero-order valence-electron chi connectivity index (χ0n) is 10.6. The first-order valence-electron chi connectivity index (χ1n) is 5.84. The second-order valence-corrected chi connectivity index (χ2v) is 5.68. The minimum atomic E-state index is 0. The van der Waals surface area contributed by atoms with Crippen LogP contribution in [0.3, 0.4) is 0 Å². The second kappa shape index (κ2) is 8.16. The third-order valence-electron chi connectivity index (χ3n) is 2.56. The van der Waals surface area contributed by atoms with Crippen molar-refractivity contribution in [2.75, 3.05) is 19.3 Å². The summed E-state index contributed by atoms with van der Waals surface area (Å²) in [6.07, 6.45) is 8.75. The van der Waals surface area contributed by atoms with Crippen molar-refractivity contribution in [3.8, 4) is 0 Å². The van der Waals surface area contributed by atoms with E-state index in [2.05, 4.69) is 46.0 Å². The first-order valence-corrected chi connectivity index (χ1v) is 7.56. The minimum Gasteiger partial charge on any atom is -0.376 e. The molecule has 0 amide bonds. The van der Waals surface area contributed by atoms with Gasteiger partial charge in [0.1, 0.15) is 10.7 Å². The number of rotatable bonds is 5. The van der Waals surface area contributed by atoms with E-state index in [1.165, 1.54) is 30.1 Å². The molecule has 6 heteroatoms. The zero-order valence-corrected chi connectivity index (χ0v) is 14.6. The Morgan fingerprint density at radius 3 is 3.00 bits per heavy atom. The standard InChI is InChI=1S/C12H17N3S2.HI/c1-3-4-8-16-12-11(13-17-14-12)10-6-5-7-15(2)9-10;/h5-7H,3-4,8-9H2,1-2H3;1H. The molecule has 0 radical (unpaired) electrons. The number of allylic oxidation sites excluding steroid dienone is 2. The lowest BCUT2D eigenvalue weighted by molar-refractivity contribution is 0.512. The molecule has 0 N–H and O–H groups in total. The zero-order chi connectivity index (χ0) is 12.1. The number of aromatic nitrogens is 2. The SMILES string of the molecule is CCCCSc1nsnc1C1=CC=CN(C)C1.I. The van der Waals surface area contributed by atoms with Crippen molar-refractivity contribution in [1.82, 2.24) is 13.6 Å². The smallest absolute Gasteiger partial charge is 0.138 e. The fraction of sp³-hybridized carbons (Fsp3) is 0.500. The summed E-state index contributed by atoms with van der Waals surface area (Å²) in [5.74, 6) is 1.13. The van der Waals surface area contributed by atoms with Crippen LogP contribution >= 0.6 is 47.5 Å². The Kier molecular flexibility index (Phi) is 7.25. The van der Waals surface area contributed by atoms with Crippen LogP contribution in [0.25, 0.3) is 5.57 Å². The Balaban J connectivity index is 0.00000162. The summed E-state index contributed by atoms with van der Waals surface area (Å²) in [6, 6.07) is 0. The van der Waals surface area contributed by atoms with E-state index in [9.17, 15) is 0 Å². The van der Waals surface area contributed by atoms with Gasteiger partial charge in [0, 0.05) is 19.2 Å². The molecule has 2 rings (SSSR count). The number of thioether (sulfide) groups is 1. The van der Waals surface area contributed by atoms with Gasteiger partial charge in [-0.2, -0.15) is 8.75 Å². The fourth-order valence-electron chi connectivity index (χ4n) is 1.62. The normalized spacial score (nSPS) is 14.3. The molecule has 0 saturated heterocycles. The van der Waals surface area contributed by atoms with Gasteiger partial charge in [0.2, 0.25) is 0 Å². The fourth-order valence-corrected chi connectivity index (χ4v) is 3.41. The van der Waals surface area contributed by atoms with Crippen molar-refractivity contribution in [2.24, 2.45) is 0 Å². The summed E-state index contributed by atoms with van der Waals surface area (Å²) in [5.41, 5.74) is 2.34. The molecule has 0 spiro atoms. The molecule has 1 aromatic heterocycles. The van der Waals surface area contributed by atoms with Gasteiger partial charge >= 0.3 is 0 Å². The highest BCUT2D eigenvalue weighted by atomic mass is 127. The monoisotopic (exact) mass is 395 g/mol. The largest absolute Gasteiger partial charge is 0.376 e. The molecule has 0 bridgehead atoms. The molecule has 100 valence electrons. The summed E-state index contributed by atoms with van der Waals surface area (Å²) < 4.78 is 8.83. The van der Waals surface area contributed by atoms with Crippen LogP contribution in [-0.4, -0.2) is 33.0 Å². The summed E-state index contributed by atoms with van der Waals surface area (Å²) in [7, 11) is 2.08. The Morgan fingerprint density at radius 2 is 2.28 bits per heavy atom. The average Bonchev–Trinajstić information content (AvgIpc) is 2.78. The maximum atomic E-state index is 4.43. The van der Waals surface area contributed by atoms with Gasteiger partial charge < -0.3 is 4.90 Å². The Hall–Kier alpha value is -0.0800. The highest BCUT2D eigenvalue weighted by molar-refractivity contribution is 14.0. The van der Waals surface area contributed by atoms with E-state index in [1.54, 1.807) is 0 Å². The second-order valence-electron chi connectivity index (χ2n) is 4.07. The van der Waals surface area contributed by atoms with E-state index < -0.39 is 0 Å². The van der Waals surface area contributed by atoms with Crippen LogP contribution in [0.4, 0.5) is 0 Å². The molecule has 0 aliphatic carbocycles. The minimum absolute atomic E-state index is 0. The molecular formula is C12H18IN3S2. The van der Waals surface area contributed by atoms with E-state index in [4.69, 9.17) is 0 Å². The van der Waals surface area contributed by atoms with Crippen molar-refractivity contribution in [1.29, 1.82) is 0 Å². The lowest BCUT2D eigenvalue weighted by Crippen LogP contribution is -2.16. The lowest BCUT2D eigenvalue weighted by Gasteiger charge is -2.18. The van der Waals surface area contributed by atoms with Gasteiger partial charge in [-0.05, 0) is 24.4 Å². The summed E-state index contributed by atoms with van der Waals surface area (Å²) in [6.45, 7) is 3.13. The van der Waals surface area contributed by atoms with Crippen LogP contribution in [-0.2, 0) is 0 Å². The molecule has 1 aliphatic heterocycles. The molecular weight excluding hydrogens is 377 g/mol. The molecule has 2 heterocycles. The lowest BCUT2D eigenvalue weighted by atomic mass is 10.1. The van der Waals surface area contributed by atoms with E-state index in [-0.39, 0.29) is 24.0 Å². The van der Waals surface area contributed by atoms with Crippen molar-refractivity contribution < 1.29 is 0 Å². The van der Waals surface area contributed by atoms with Gasteiger partial charge in [0.15, 0.2) is 0 Å². The highest BCUT2D eigenvalue weighted by Crippen LogP contribution is 2.28. The average molecular weight is 395 g/mol. The number of unbranched alkanes of at least 4 members (excludes halogenated alkanes) is 1. The number of likely N-dealkylation sites (N-methyl/N-ethyl adjacent to an activating group) is 1. The summed E-state index contributed by atoms with van der Waals surface area (Å²) in [4.78, 5) is 2.16. The molecule has 3 nitrogen and oxygen atoms in total. The quantitative estimate of drug-likeness (QED) is 0.430. The third-order valence-corrected chi connectivity index (χ3v) is 4.25. The predicted octanol–water partition coefficient (Wildman–Crippen LogP) is 3.89. The van der Waals surface area contributed by atoms with Crippen LogP contribution in [0.5, 0.6) is 0 Å². The van der Waals surface area contributed by atoms with Gasteiger partial charge in [-0.15, -0.1) is 35.7 Å². The van der Waals surface area contributed by atoms with Gasteiger partial charge in [-0.25, -0.2) is 0 Å². The molecule has 1 aromatic rings. The topological polar surface area (TPSA) is 29.0 Å².